The third-order valence-corrected chi connectivity index (χ3v) is 7.17. The lowest BCUT2D eigenvalue weighted by Gasteiger charge is -2.15. The maximum absolute atomic E-state index is 12.3. The molecule has 0 radical (unpaired) electrons. The van der Waals surface area contributed by atoms with E-state index in [9.17, 15) is 8.42 Å². The molecule has 5 heteroatoms. The molecule has 0 aromatic heterocycles. The van der Waals surface area contributed by atoms with Gasteiger partial charge in [0.05, 0.1) is 5.69 Å². The molecule has 0 spiro atoms. The van der Waals surface area contributed by atoms with Gasteiger partial charge in [-0.05, 0) is 55.1 Å². The lowest BCUT2D eigenvalue weighted by molar-refractivity contribution is 0.456. The number of fused-ring (bicyclic) bond motifs is 5. The van der Waals surface area contributed by atoms with E-state index >= 15 is 0 Å². The van der Waals surface area contributed by atoms with Crippen LogP contribution in [0.1, 0.15) is 26.2 Å². The van der Waals surface area contributed by atoms with Crippen molar-refractivity contribution >= 4 is 15.7 Å². The number of nitrogens with one attached hydrogen (secondary N) is 2. The summed E-state index contributed by atoms with van der Waals surface area (Å²) in [7, 11) is -3.41. The zero-order valence-corrected chi connectivity index (χ0v) is 13.1. The summed E-state index contributed by atoms with van der Waals surface area (Å²) >= 11 is 0. The summed E-state index contributed by atoms with van der Waals surface area (Å²) in [5, 5.41) is 3.53. The van der Waals surface area contributed by atoms with Gasteiger partial charge in [0, 0.05) is 12.6 Å². The summed E-state index contributed by atoms with van der Waals surface area (Å²) in [4.78, 5) is 0.379. The van der Waals surface area contributed by atoms with Gasteiger partial charge in [0.25, 0.3) is 0 Å². The molecule has 4 rings (SSSR count). The highest BCUT2D eigenvalue weighted by Gasteiger charge is 2.65. The van der Waals surface area contributed by atoms with Crippen LogP contribution in [0.4, 0.5) is 5.69 Å². The van der Waals surface area contributed by atoms with Crippen molar-refractivity contribution < 1.29 is 8.42 Å². The monoisotopic (exact) mass is 306 g/mol. The molecule has 4 nitrogen and oxygen atoms in total. The summed E-state index contributed by atoms with van der Waals surface area (Å²) < 4.78 is 27.2. The standard InChI is InChI=1S/C16H22N2O2S/c1-2-17-21(19,20)13-6-4-3-5-12(13)18-16-14-10-7-8-11(9-10)15(14)16/h3-6,10-11,14-18H,2,7-9H2,1H3. The predicted octanol–water partition coefficient (Wildman–Crippen LogP) is 2.44. The number of para-hydroxylation sites is 1. The molecule has 3 saturated carbocycles. The van der Waals surface area contributed by atoms with Gasteiger partial charge in [-0.15, -0.1) is 0 Å². The van der Waals surface area contributed by atoms with Crippen LogP contribution in [0.25, 0.3) is 0 Å². The van der Waals surface area contributed by atoms with Gasteiger partial charge in [-0.1, -0.05) is 19.1 Å². The van der Waals surface area contributed by atoms with E-state index < -0.39 is 10.0 Å². The van der Waals surface area contributed by atoms with E-state index in [1.807, 2.05) is 12.1 Å². The first-order chi connectivity index (χ1) is 10.1. The molecule has 21 heavy (non-hydrogen) atoms. The highest BCUT2D eigenvalue weighted by atomic mass is 32.2. The highest BCUT2D eigenvalue weighted by molar-refractivity contribution is 7.89. The first-order valence-electron chi connectivity index (χ1n) is 7.97. The Hall–Kier alpha value is -1.07. The Bertz CT molecular complexity index is 642. The van der Waals surface area contributed by atoms with Crippen LogP contribution >= 0.6 is 0 Å². The van der Waals surface area contributed by atoms with Crippen LogP contribution in [0.2, 0.25) is 0 Å². The van der Waals surface area contributed by atoms with Crippen molar-refractivity contribution in [3.05, 3.63) is 24.3 Å². The van der Waals surface area contributed by atoms with Crippen LogP contribution < -0.4 is 10.0 Å². The summed E-state index contributed by atoms with van der Waals surface area (Å²) in [6.45, 7) is 2.21. The van der Waals surface area contributed by atoms with Gasteiger partial charge >= 0.3 is 0 Å². The van der Waals surface area contributed by atoms with E-state index in [1.54, 1.807) is 19.1 Å². The van der Waals surface area contributed by atoms with Crippen molar-refractivity contribution in [2.24, 2.45) is 23.7 Å². The molecule has 4 atom stereocenters. The zero-order valence-electron chi connectivity index (χ0n) is 12.2. The van der Waals surface area contributed by atoms with Crippen molar-refractivity contribution in [2.75, 3.05) is 11.9 Å². The quantitative estimate of drug-likeness (QED) is 0.878. The Morgan fingerprint density at radius 2 is 1.81 bits per heavy atom. The number of benzene rings is 1. The smallest absolute Gasteiger partial charge is 0.242 e. The van der Waals surface area contributed by atoms with Crippen molar-refractivity contribution in [1.29, 1.82) is 0 Å². The molecule has 1 aromatic carbocycles. The maximum atomic E-state index is 12.3. The van der Waals surface area contributed by atoms with Gasteiger partial charge in [-0.3, -0.25) is 0 Å². The molecular weight excluding hydrogens is 284 g/mol. The highest BCUT2D eigenvalue weighted by Crippen LogP contribution is 2.66. The second-order valence-corrected chi connectivity index (χ2v) is 8.39. The van der Waals surface area contributed by atoms with Crippen LogP contribution in [0.5, 0.6) is 0 Å². The topological polar surface area (TPSA) is 58.2 Å². The van der Waals surface area contributed by atoms with E-state index in [0.29, 0.717) is 17.5 Å². The number of anilines is 1. The number of sulfonamides is 1. The van der Waals surface area contributed by atoms with Crippen LogP contribution in [0.3, 0.4) is 0 Å². The molecular formula is C16H22N2O2S. The van der Waals surface area contributed by atoms with Crippen LogP contribution in [-0.4, -0.2) is 21.0 Å². The Kier molecular flexibility index (Phi) is 3.05. The largest absolute Gasteiger partial charge is 0.381 e. The Morgan fingerprint density at radius 1 is 1.14 bits per heavy atom. The average molecular weight is 306 g/mol. The molecule has 1 aromatic rings. The molecule has 0 amide bonds. The lowest BCUT2D eigenvalue weighted by atomic mass is 10.0. The lowest BCUT2D eigenvalue weighted by Crippen LogP contribution is -2.25. The van der Waals surface area contributed by atoms with Crippen molar-refractivity contribution in [3.8, 4) is 0 Å². The van der Waals surface area contributed by atoms with Crippen molar-refractivity contribution in [2.45, 2.75) is 37.1 Å². The Balaban J connectivity index is 1.57. The van der Waals surface area contributed by atoms with Gasteiger partial charge < -0.3 is 5.32 Å². The SMILES string of the molecule is CCNS(=O)(=O)c1ccccc1NC1C2C3CCC(C3)C12. The minimum Gasteiger partial charge on any atom is -0.381 e. The molecule has 0 aliphatic heterocycles. The van der Waals surface area contributed by atoms with Gasteiger partial charge in [-0.25, -0.2) is 13.1 Å². The number of hydrogen-bond acceptors (Lipinski definition) is 3. The summed E-state index contributed by atoms with van der Waals surface area (Å²) in [6.07, 6.45) is 4.16. The van der Waals surface area contributed by atoms with Crippen LogP contribution in [-0.2, 0) is 10.0 Å². The van der Waals surface area contributed by atoms with Gasteiger partial charge in [0.1, 0.15) is 4.90 Å². The molecule has 0 saturated heterocycles. The second-order valence-electron chi connectivity index (χ2n) is 6.66. The van der Waals surface area contributed by atoms with E-state index in [-0.39, 0.29) is 0 Å². The first kappa shape index (κ1) is 13.6. The maximum Gasteiger partial charge on any atom is 0.242 e. The van der Waals surface area contributed by atoms with E-state index in [4.69, 9.17) is 0 Å². The fourth-order valence-corrected chi connectivity index (χ4v) is 6.00. The van der Waals surface area contributed by atoms with Crippen LogP contribution in [0.15, 0.2) is 29.2 Å². The predicted molar refractivity (Wildman–Crippen MR) is 82.5 cm³/mol. The third kappa shape index (κ3) is 2.09. The number of hydrogen-bond donors (Lipinski definition) is 2. The molecule has 2 bridgehead atoms. The summed E-state index contributed by atoms with van der Waals surface area (Å²) in [6, 6.07) is 7.76. The van der Waals surface area contributed by atoms with Gasteiger partial charge in [0.2, 0.25) is 10.0 Å². The van der Waals surface area contributed by atoms with Gasteiger partial charge in [0.15, 0.2) is 0 Å². The third-order valence-electron chi connectivity index (χ3n) is 5.57. The van der Waals surface area contributed by atoms with Crippen LogP contribution in [0, 0.1) is 23.7 Å². The average Bonchev–Trinajstić information content (AvgIpc) is 2.84. The van der Waals surface area contributed by atoms with E-state index in [1.165, 1.54) is 19.3 Å². The fourth-order valence-electron chi connectivity index (χ4n) is 4.79. The molecule has 3 aliphatic carbocycles. The minimum atomic E-state index is -3.41. The molecule has 114 valence electrons. The van der Waals surface area contributed by atoms with E-state index in [2.05, 4.69) is 10.0 Å². The summed E-state index contributed by atoms with van der Waals surface area (Å²) in [5.41, 5.74) is 0.761. The number of rotatable bonds is 5. The first-order valence-corrected chi connectivity index (χ1v) is 9.45. The molecule has 3 aliphatic rings. The Labute approximate surface area is 126 Å². The van der Waals surface area contributed by atoms with E-state index in [0.717, 1.165) is 29.4 Å². The molecule has 0 heterocycles. The molecule has 3 fully saturated rings. The summed E-state index contributed by atoms with van der Waals surface area (Å²) in [5.74, 6) is 3.35. The zero-order chi connectivity index (χ0) is 14.6. The second kappa shape index (κ2) is 4.71. The molecule has 4 unspecified atom stereocenters. The van der Waals surface area contributed by atoms with Crippen molar-refractivity contribution in [3.63, 3.8) is 0 Å². The normalized spacial score (nSPS) is 36.5. The minimum absolute atomic E-state index is 0.379. The van der Waals surface area contributed by atoms with Gasteiger partial charge in [-0.2, -0.15) is 0 Å². The molecule has 2 N–H and O–H groups in total. The van der Waals surface area contributed by atoms with Crippen molar-refractivity contribution in [1.82, 2.24) is 4.72 Å². The fraction of sp³-hybridized carbons (Fsp3) is 0.625. The Morgan fingerprint density at radius 3 is 2.48 bits per heavy atom.